The fourth-order valence-corrected chi connectivity index (χ4v) is 1.25. The number of hydrogen-bond acceptors (Lipinski definition) is 4. The number of carbonyl (C=O) groups excluding carboxylic acids is 1. The summed E-state index contributed by atoms with van der Waals surface area (Å²) in [5.41, 5.74) is 0. The highest BCUT2D eigenvalue weighted by Gasteiger charge is 2.03. The summed E-state index contributed by atoms with van der Waals surface area (Å²) in [4.78, 5) is 11.2. The van der Waals surface area contributed by atoms with Crippen LogP contribution < -0.4 is 5.32 Å². The maximum absolute atomic E-state index is 11.2. The van der Waals surface area contributed by atoms with Gasteiger partial charge in [-0.2, -0.15) is 0 Å². The predicted molar refractivity (Wildman–Crippen MR) is 61.0 cm³/mol. The molecule has 0 bridgehead atoms. The Morgan fingerprint density at radius 2 is 2.31 bits per heavy atom. The zero-order chi connectivity index (χ0) is 11.8. The van der Waals surface area contributed by atoms with E-state index in [1.54, 1.807) is 0 Å². The molecule has 0 aliphatic heterocycles. The molecular formula is C12H19NO3. The summed E-state index contributed by atoms with van der Waals surface area (Å²) in [6, 6.07) is 3.79. The standard InChI is InChI=1S/C12H19NO3/c1-3-4-7-15-12(14)9-13-8-11-6-5-10(2)16-11/h5-6,13H,3-4,7-9H2,1-2H3. The molecular weight excluding hydrogens is 206 g/mol. The van der Waals surface area contributed by atoms with Crippen LogP contribution in [0.1, 0.15) is 31.3 Å². The van der Waals surface area contributed by atoms with Crippen LogP contribution in [0.25, 0.3) is 0 Å². The van der Waals surface area contributed by atoms with Crippen LogP contribution in [0.4, 0.5) is 0 Å². The first-order chi connectivity index (χ1) is 7.72. The van der Waals surface area contributed by atoms with Crippen LogP contribution in [0.3, 0.4) is 0 Å². The van der Waals surface area contributed by atoms with Crippen LogP contribution in [0.2, 0.25) is 0 Å². The number of unbranched alkanes of at least 4 members (excludes halogenated alkanes) is 1. The predicted octanol–water partition coefficient (Wildman–Crippen LogP) is 2.02. The van der Waals surface area contributed by atoms with Crippen molar-refractivity contribution in [2.45, 2.75) is 33.2 Å². The highest BCUT2D eigenvalue weighted by molar-refractivity contribution is 5.71. The smallest absolute Gasteiger partial charge is 0.319 e. The first-order valence-electron chi connectivity index (χ1n) is 5.64. The van der Waals surface area contributed by atoms with Gasteiger partial charge in [0.15, 0.2) is 0 Å². The molecule has 1 heterocycles. The van der Waals surface area contributed by atoms with Crippen LogP contribution >= 0.6 is 0 Å². The second kappa shape index (κ2) is 7.06. The molecule has 0 aliphatic rings. The van der Waals surface area contributed by atoms with Gasteiger partial charge in [0.05, 0.1) is 19.7 Å². The highest BCUT2D eigenvalue weighted by Crippen LogP contribution is 2.05. The molecule has 0 unspecified atom stereocenters. The van der Waals surface area contributed by atoms with Crippen molar-refractivity contribution in [2.24, 2.45) is 0 Å². The number of nitrogens with one attached hydrogen (secondary N) is 1. The van der Waals surface area contributed by atoms with E-state index in [4.69, 9.17) is 9.15 Å². The van der Waals surface area contributed by atoms with E-state index in [1.165, 1.54) is 0 Å². The summed E-state index contributed by atoms with van der Waals surface area (Å²) in [7, 11) is 0. The van der Waals surface area contributed by atoms with Crippen molar-refractivity contribution in [2.75, 3.05) is 13.2 Å². The van der Waals surface area contributed by atoms with Gasteiger partial charge in [-0.3, -0.25) is 10.1 Å². The van der Waals surface area contributed by atoms with Gasteiger partial charge in [-0.05, 0) is 25.5 Å². The number of esters is 1. The molecule has 0 fully saturated rings. The molecule has 0 spiro atoms. The summed E-state index contributed by atoms with van der Waals surface area (Å²) < 4.78 is 10.3. The normalized spacial score (nSPS) is 10.4. The monoisotopic (exact) mass is 225 g/mol. The van der Waals surface area contributed by atoms with Crippen molar-refractivity contribution in [3.63, 3.8) is 0 Å². The van der Waals surface area contributed by atoms with E-state index >= 15 is 0 Å². The fourth-order valence-electron chi connectivity index (χ4n) is 1.25. The van der Waals surface area contributed by atoms with E-state index in [2.05, 4.69) is 12.2 Å². The minimum Gasteiger partial charge on any atom is -0.465 e. The number of hydrogen-bond donors (Lipinski definition) is 1. The second-order valence-corrected chi connectivity index (χ2v) is 3.69. The van der Waals surface area contributed by atoms with E-state index in [0.717, 1.165) is 24.4 Å². The van der Waals surface area contributed by atoms with Gasteiger partial charge in [0.1, 0.15) is 11.5 Å². The third-order valence-electron chi connectivity index (χ3n) is 2.13. The maximum atomic E-state index is 11.2. The van der Waals surface area contributed by atoms with Crippen molar-refractivity contribution in [1.82, 2.24) is 5.32 Å². The molecule has 1 aromatic heterocycles. The Balaban J connectivity index is 2.08. The van der Waals surface area contributed by atoms with Gasteiger partial charge in [-0.15, -0.1) is 0 Å². The summed E-state index contributed by atoms with van der Waals surface area (Å²) >= 11 is 0. The molecule has 0 amide bonds. The van der Waals surface area contributed by atoms with Gasteiger partial charge in [0.2, 0.25) is 0 Å². The maximum Gasteiger partial charge on any atom is 0.319 e. The molecule has 0 saturated carbocycles. The van der Waals surface area contributed by atoms with Gasteiger partial charge >= 0.3 is 5.97 Å². The van der Waals surface area contributed by atoms with Crippen molar-refractivity contribution < 1.29 is 13.9 Å². The summed E-state index contributed by atoms with van der Waals surface area (Å²) in [5, 5.41) is 2.97. The molecule has 0 aromatic carbocycles. The van der Waals surface area contributed by atoms with Crippen LogP contribution in [0, 0.1) is 6.92 Å². The number of furan rings is 1. The summed E-state index contributed by atoms with van der Waals surface area (Å²) in [6.07, 6.45) is 1.95. The first kappa shape index (κ1) is 12.8. The molecule has 0 radical (unpaired) electrons. The quantitative estimate of drug-likeness (QED) is 0.569. The Hall–Kier alpha value is -1.29. The van der Waals surface area contributed by atoms with Crippen LogP contribution in [-0.2, 0) is 16.1 Å². The minimum atomic E-state index is -0.211. The molecule has 1 aromatic rings. The van der Waals surface area contributed by atoms with Gasteiger partial charge in [-0.1, -0.05) is 13.3 Å². The van der Waals surface area contributed by atoms with Gasteiger partial charge in [0, 0.05) is 0 Å². The molecule has 4 nitrogen and oxygen atoms in total. The molecule has 0 atom stereocenters. The third-order valence-corrected chi connectivity index (χ3v) is 2.13. The summed E-state index contributed by atoms with van der Waals surface area (Å²) in [6.45, 7) is 5.24. The molecule has 1 N–H and O–H groups in total. The first-order valence-corrected chi connectivity index (χ1v) is 5.64. The Morgan fingerprint density at radius 3 is 2.94 bits per heavy atom. The Bertz CT molecular complexity index is 320. The van der Waals surface area contributed by atoms with Crippen LogP contribution in [0.5, 0.6) is 0 Å². The van der Waals surface area contributed by atoms with E-state index in [0.29, 0.717) is 13.2 Å². The lowest BCUT2D eigenvalue weighted by atomic mass is 10.4. The lowest BCUT2D eigenvalue weighted by molar-refractivity contribution is -0.142. The van der Waals surface area contributed by atoms with Gasteiger partial charge < -0.3 is 9.15 Å². The van der Waals surface area contributed by atoms with Crippen LogP contribution in [-0.4, -0.2) is 19.1 Å². The largest absolute Gasteiger partial charge is 0.465 e. The Labute approximate surface area is 96.0 Å². The number of aryl methyl sites for hydroxylation is 1. The third kappa shape index (κ3) is 4.98. The summed E-state index contributed by atoms with van der Waals surface area (Å²) in [5.74, 6) is 1.50. The van der Waals surface area contributed by atoms with Crippen LogP contribution in [0.15, 0.2) is 16.5 Å². The fraction of sp³-hybridized carbons (Fsp3) is 0.583. The number of carbonyl (C=O) groups is 1. The molecule has 1 rings (SSSR count). The second-order valence-electron chi connectivity index (χ2n) is 3.69. The molecule has 0 saturated heterocycles. The van der Waals surface area contributed by atoms with Gasteiger partial charge in [0.25, 0.3) is 0 Å². The van der Waals surface area contributed by atoms with Crippen molar-refractivity contribution in [3.8, 4) is 0 Å². The minimum absolute atomic E-state index is 0.211. The molecule has 4 heteroatoms. The van der Waals surface area contributed by atoms with E-state index in [-0.39, 0.29) is 12.5 Å². The molecule has 0 aliphatic carbocycles. The zero-order valence-corrected chi connectivity index (χ0v) is 9.91. The lowest BCUT2D eigenvalue weighted by Gasteiger charge is -2.04. The molecule has 90 valence electrons. The van der Waals surface area contributed by atoms with E-state index in [9.17, 15) is 4.79 Å². The average molecular weight is 225 g/mol. The Morgan fingerprint density at radius 1 is 1.50 bits per heavy atom. The molecule has 16 heavy (non-hydrogen) atoms. The van der Waals surface area contributed by atoms with E-state index in [1.807, 2.05) is 19.1 Å². The number of rotatable bonds is 7. The lowest BCUT2D eigenvalue weighted by Crippen LogP contribution is -2.24. The number of ether oxygens (including phenoxy) is 1. The topological polar surface area (TPSA) is 51.5 Å². The van der Waals surface area contributed by atoms with E-state index < -0.39 is 0 Å². The average Bonchev–Trinajstić information content (AvgIpc) is 2.65. The zero-order valence-electron chi connectivity index (χ0n) is 9.91. The highest BCUT2D eigenvalue weighted by atomic mass is 16.5. The van der Waals surface area contributed by atoms with Crippen molar-refractivity contribution >= 4 is 5.97 Å². The van der Waals surface area contributed by atoms with Crippen molar-refractivity contribution in [3.05, 3.63) is 23.7 Å². The van der Waals surface area contributed by atoms with Crippen molar-refractivity contribution in [1.29, 1.82) is 0 Å². The van der Waals surface area contributed by atoms with Gasteiger partial charge in [-0.25, -0.2) is 0 Å². The Kier molecular flexibility index (Phi) is 5.64. The SMILES string of the molecule is CCCCOC(=O)CNCc1ccc(C)o1.